The van der Waals surface area contributed by atoms with E-state index in [1.165, 1.54) is 25.4 Å². The predicted molar refractivity (Wildman–Crippen MR) is 139 cm³/mol. The first-order valence-electron chi connectivity index (χ1n) is 11.4. The van der Waals surface area contributed by atoms with Gasteiger partial charge in [-0.1, -0.05) is 29.8 Å². The first-order chi connectivity index (χ1) is 17.1. The average Bonchev–Trinajstić information content (AvgIpc) is 2.81. The third-order valence-electron chi connectivity index (χ3n) is 6.46. The lowest BCUT2D eigenvalue weighted by atomic mass is 9.83. The van der Waals surface area contributed by atoms with E-state index < -0.39 is 10.8 Å². The molecule has 11 heteroatoms. The molecule has 0 spiro atoms. The largest absolute Gasteiger partial charge is 0.508 e. The van der Waals surface area contributed by atoms with E-state index >= 15 is 0 Å². The Hall–Kier alpha value is -3.73. The normalized spacial score (nSPS) is 14.4. The lowest BCUT2D eigenvalue weighted by molar-refractivity contribution is -0.384. The summed E-state index contributed by atoms with van der Waals surface area (Å²) >= 11 is 3.25. The van der Waals surface area contributed by atoms with Gasteiger partial charge in [0.05, 0.1) is 16.1 Å². The van der Waals surface area contributed by atoms with E-state index in [1.807, 2.05) is 13.8 Å². The standard InChI is InChI=1S/C25H26BrN5O5/c1-13(2)22(29-23-19(24(33)27-3)7-16(26)8-21(23)31(35)36)15-11-30(12-15)25(34)20-10-28-9-14-6-17(32)4-5-18(14)20/h4-10,13,15,22,29,32H,11-12H2,1-3H3,(H,27,33). The third kappa shape index (κ3) is 4.83. The number of aromatic nitrogens is 1. The number of carbonyl (C=O) groups is 2. The molecule has 1 aliphatic heterocycles. The molecule has 1 unspecified atom stereocenters. The van der Waals surface area contributed by atoms with Gasteiger partial charge in [0.1, 0.15) is 11.4 Å². The number of pyridine rings is 1. The summed E-state index contributed by atoms with van der Waals surface area (Å²) in [6.45, 7) is 4.88. The van der Waals surface area contributed by atoms with Crippen LogP contribution in [0.1, 0.15) is 34.6 Å². The van der Waals surface area contributed by atoms with Crippen LogP contribution in [-0.4, -0.2) is 57.9 Å². The maximum atomic E-state index is 13.2. The molecule has 0 radical (unpaired) electrons. The zero-order valence-corrected chi connectivity index (χ0v) is 21.6. The second-order valence-electron chi connectivity index (χ2n) is 9.16. The molecule has 2 aromatic carbocycles. The van der Waals surface area contributed by atoms with E-state index in [-0.39, 0.29) is 46.5 Å². The summed E-state index contributed by atoms with van der Waals surface area (Å²) in [6.07, 6.45) is 3.12. The molecule has 1 aromatic heterocycles. The second-order valence-corrected chi connectivity index (χ2v) is 10.1. The summed E-state index contributed by atoms with van der Waals surface area (Å²) in [5, 5.41) is 28.7. The van der Waals surface area contributed by atoms with Gasteiger partial charge in [-0.25, -0.2) is 0 Å². The Labute approximate surface area is 216 Å². The van der Waals surface area contributed by atoms with Crippen LogP contribution in [0.15, 0.2) is 47.2 Å². The van der Waals surface area contributed by atoms with Crippen molar-refractivity contribution in [1.82, 2.24) is 15.2 Å². The monoisotopic (exact) mass is 555 g/mol. The maximum absolute atomic E-state index is 13.2. The molecular formula is C25H26BrN5O5. The number of likely N-dealkylation sites (tertiary alicyclic amines) is 1. The number of phenols is 1. The highest BCUT2D eigenvalue weighted by Gasteiger charge is 2.39. The fourth-order valence-corrected chi connectivity index (χ4v) is 5.05. The fourth-order valence-electron chi connectivity index (χ4n) is 4.61. The molecule has 0 aliphatic carbocycles. The van der Waals surface area contributed by atoms with Gasteiger partial charge in [-0.15, -0.1) is 0 Å². The van der Waals surface area contributed by atoms with E-state index in [1.54, 1.807) is 29.3 Å². The quantitative estimate of drug-likeness (QED) is 0.293. The number of nitro groups is 1. The number of hydrogen-bond acceptors (Lipinski definition) is 7. The highest BCUT2D eigenvalue weighted by molar-refractivity contribution is 9.10. The van der Waals surface area contributed by atoms with Crippen LogP contribution >= 0.6 is 15.9 Å². The molecule has 188 valence electrons. The maximum Gasteiger partial charge on any atom is 0.294 e. The molecule has 1 aliphatic rings. The van der Waals surface area contributed by atoms with Crippen molar-refractivity contribution in [2.45, 2.75) is 19.9 Å². The van der Waals surface area contributed by atoms with Gasteiger partial charge in [0.2, 0.25) is 0 Å². The number of halogens is 1. The number of hydrogen-bond donors (Lipinski definition) is 3. The Morgan fingerprint density at radius 3 is 2.56 bits per heavy atom. The van der Waals surface area contributed by atoms with Crippen LogP contribution in [0.5, 0.6) is 5.75 Å². The number of nitrogens with one attached hydrogen (secondary N) is 2. The number of carbonyl (C=O) groups excluding carboxylic acids is 2. The van der Waals surface area contributed by atoms with E-state index in [2.05, 4.69) is 31.5 Å². The zero-order valence-electron chi connectivity index (χ0n) is 20.0. The lowest BCUT2D eigenvalue weighted by Gasteiger charge is -2.45. The predicted octanol–water partition coefficient (Wildman–Crippen LogP) is 4.18. The van der Waals surface area contributed by atoms with Gasteiger partial charge < -0.3 is 20.6 Å². The summed E-state index contributed by atoms with van der Waals surface area (Å²) in [7, 11) is 1.47. The molecular weight excluding hydrogens is 530 g/mol. The van der Waals surface area contributed by atoms with E-state index in [4.69, 9.17) is 0 Å². The molecule has 36 heavy (non-hydrogen) atoms. The van der Waals surface area contributed by atoms with Crippen molar-refractivity contribution in [3.8, 4) is 5.75 Å². The molecule has 1 atom stereocenters. The van der Waals surface area contributed by atoms with E-state index in [0.29, 0.717) is 33.9 Å². The minimum absolute atomic E-state index is 0.0155. The van der Waals surface area contributed by atoms with Crippen LogP contribution in [0.25, 0.3) is 10.8 Å². The van der Waals surface area contributed by atoms with Crippen molar-refractivity contribution < 1.29 is 19.6 Å². The molecule has 4 rings (SSSR count). The molecule has 0 bridgehead atoms. The minimum atomic E-state index is -0.515. The molecule has 3 N–H and O–H groups in total. The van der Waals surface area contributed by atoms with Crippen molar-refractivity contribution in [2.75, 3.05) is 25.5 Å². The first-order valence-corrected chi connectivity index (χ1v) is 12.2. The number of aromatic hydroxyl groups is 1. The van der Waals surface area contributed by atoms with Gasteiger partial charge in [0, 0.05) is 60.4 Å². The van der Waals surface area contributed by atoms with E-state index in [9.17, 15) is 24.8 Å². The van der Waals surface area contributed by atoms with Crippen molar-refractivity contribution >= 4 is 49.9 Å². The number of phenolic OH excluding ortho intramolecular Hbond substituents is 1. The van der Waals surface area contributed by atoms with Gasteiger partial charge in [-0.2, -0.15) is 0 Å². The average molecular weight is 556 g/mol. The zero-order chi connectivity index (χ0) is 26.1. The summed E-state index contributed by atoms with van der Waals surface area (Å²) in [6, 6.07) is 7.49. The Morgan fingerprint density at radius 2 is 1.92 bits per heavy atom. The van der Waals surface area contributed by atoms with Gasteiger partial charge in [0.15, 0.2) is 0 Å². The van der Waals surface area contributed by atoms with Crippen LogP contribution < -0.4 is 10.6 Å². The van der Waals surface area contributed by atoms with Crippen molar-refractivity contribution in [3.63, 3.8) is 0 Å². The third-order valence-corrected chi connectivity index (χ3v) is 6.92. The highest BCUT2D eigenvalue weighted by atomic mass is 79.9. The summed E-state index contributed by atoms with van der Waals surface area (Å²) in [4.78, 5) is 42.9. The van der Waals surface area contributed by atoms with Crippen LogP contribution in [-0.2, 0) is 0 Å². The molecule has 2 amide bonds. The SMILES string of the molecule is CNC(=O)c1cc(Br)cc([N+](=O)[O-])c1NC(C(C)C)C1CN(C(=O)c2cncc3cc(O)ccc23)C1. The number of nitrogens with zero attached hydrogens (tertiary/aromatic N) is 3. The van der Waals surface area contributed by atoms with Crippen LogP contribution in [0.4, 0.5) is 11.4 Å². The minimum Gasteiger partial charge on any atom is -0.508 e. The van der Waals surface area contributed by atoms with Gasteiger partial charge >= 0.3 is 0 Å². The summed E-state index contributed by atoms with van der Waals surface area (Å²) in [5.41, 5.74) is 0.571. The van der Waals surface area contributed by atoms with Crippen LogP contribution in [0, 0.1) is 22.0 Å². The summed E-state index contributed by atoms with van der Waals surface area (Å²) < 4.78 is 0.428. The highest BCUT2D eigenvalue weighted by Crippen LogP contribution is 2.36. The number of benzene rings is 2. The number of fused-ring (bicyclic) bond motifs is 1. The van der Waals surface area contributed by atoms with Crippen molar-refractivity contribution in [1.29, 1.82) is 0 Å². The Morgan fingerprint density at radius 1 is 1.19 bits per heavy atom. The van der Waals surface area contributed by atoms with Crippen molar-refractivity contribution in [3.05, 3.63) is 68.4 Å². The smallest absolute Gasteiger partial charge is 0.294 e. The number of amides is 2. The number of anilines is 1. The first kappa shape index (κ1) is 25.4. The second kappa shape index (κ2) is 10.1. The van der Waals surface area contributed by atoms with E-state index in [0.717, 1.165) is 0 Å². The van der Waals surface area contributed by atoms with Crippen molar-refractivity contribution in [2.24, 2.45) is 11.8 Å². The molecule has 1 fully saturated rings. The Kier molecular flexibility index (Phi) is 7.11. The number of nitro benzene ring substituents is 1. The van der Waals surface area contributed by atoms with Crippen LogP contribution in [0.3, 0.4) is 0 Å². The lowest BCUT2D eigenvalue weighted by Crippen LogP contribution is -2.57. The topological polar surface area (TPSA) is 138 Å². The molecule has 10 nitrogen and oxygen atoms in total. The molecule has 3 aromatic rings. The number of rotatable bonds is 7. The Bertz CT molecular complexity index is 1360. The molecule has 1 saturated heterocycles. The van der Waals surface area contributed by atoms with Gasteiger partial charge in [0.25, 0.3) is 17.5 Å². The molecule has 0 saturated carbocycles. The summed E-state index contributed by atoms with van der Waals surface area (Å²) in [5.74, 6) is -0.429. The van der Waals surface area contributed by atoms with Gasteiger partial charge in [-0.05, 0) is 35.6 Å². The fraction of sp³-hybridized carbons (Fsp3) is 0.320. The van der Waals surface area contributed by atoms with Gasteiger partial charge in [-0.3, -0.25) is 24.7 Å². The van der Waals surface area contributed by atoms with Crippen LogP contribution in [0.2, 0.25) is 0 Å². The molecule has 2 heterocycles. The Balaban J connectivity index is 1.58.